The lowest BCUT2D eigenvalue weighted by Gasteiger charge is -2.38. The van der Waals surface area contributed by atoms with Crippen LogP contribution >= 0.6 is 11.6 Å². The molecular weight excluding hydrogens is 585 g/mol. The smallest absolute Gasteiger partial charge is 0.481 e. The number of allylic oxidation sites excluding steroid dienone is 5. The van der Waals surface area contributed by atoms with Gasteiger partial charge < -0.3 is 24.4 Å². The summed E-state index contributed by atoms with van der Waals surface area (Å²) in [5, 5.41) is 9.03. The molecule has 1 fully saturated rings. The minimum absolute atomic E-state index is 0.0148. The van der Waals surface area contributed by atoms with Gasteiger partial charge in [-0.25, -0.2) is 0 Å². The second kappa shape index (κ2) is 16.4. The quantitative estimate of drug-likeness (QED) is 0.119. The lowest BCUT2D eigenvalue weighted by atomic mass is 9.79. The molecule has 0 spiro atoms. The number of likely N-dealkylation sites (N-methyl/N-ethyl adjacent to an activating group) is 1. The van der Waals surface area contributed by atoms with Crippen molar-refractivity contribution in [3.05, 3.63) is 58.5 Å². The third kappa shape index (κ3) is 12.1. The van der Waals surface area contributed by atoms with Gasteiger partial charge in [-0.05, 0) is 81.2 Å². The highest BCUT2D eigenvalue weighted by molar-refractivity contribution is 6.31. The number of hydrogen-bond acceptors (Lipinski definition) is 6. The van der Waals surface area contributed by atoms with Gasteiger partial charge in [0.2, 0.25) is 0 Å². The van der Waals surface area contributed by atoms with Crippen LogP contribution in [0.25, 0.3) is 0 Å². The van der Waals surface area contributed by atoms with Crippen LogP contribution in [0.4, 0.5) is 13.2 Å². The Morgan fingerprint density at radius 3 is 2.47 bits per heavy atom. The van der Waals surface area contributed by atoms with E-state index >= 15 is 0 Å². The van der Waals surface area contributed by atoms with Crippen molar-refractivity contribution in [2.45, 2.75) is 66.2 Å². The lowest BCUT2D eigenvalue weighted by molar-refractivity contribution is -0.304. The fourth-order valence-electron chi connectivity index (χ4n) is 5.68. The average Bonchev–Trinajstić information content (AvgIpc) is 3.73. The van der Waals surface area contributed by atoms with Gasteiger partial charge in [0.05, 0.1) is 18.1 Å². The zero-order valence-electron chi connectivity index (χ0n) is 25.9. The van der Waals surface area contributed by atoms with E-state index in [1.165, 1.54) is 0 Å². The maximum atomic E-state index is 13.2. The molecule has 11 heteroatoms. The van der Waals surface area contributed by atoms with E-state index in [4.69, 9.17) is 21.4 Å². The second-order valence-corrected chi connectivity index (χ2v) is 12.5. The number of rotatable bonds is 19. The third-order valence-corrected chi connectivity index (χ3v) is 8.28. The van der Waals surface area contributed by atoms with Gasteiger partial charge in [0.1, 0.15) is 5.76 Å². The molecule has 1 saturated carbocycles. The predicted molar refractivity (Wildman–Crippen MR) is 162 cm³/mol. The number of halogens is 4. The van der Waals surface area contributed by atoms with Crippen molar-refractivity contribution in [1.29, 1.82) is 0 Å². The van der Waals surface area contributed by atoms with Crippen LogP contribution in [0.2, 0.25) is 0 Å². The van der Waals surface area contributed by atoms with Crippen LogP contribution in [-0.2, 0) is 19.1 Å². The van der Waals surface area contributed by atoms with Gasteiger partial charge in [-0.1, -0.05) is 56.7 Å². The van der Waals surface area contributed by atoms with Gasteiger partial charge in [-0.15, -0.1) is 13.2 Å². The fourth-order valence-corrected chi connectivity index (χ4v) is 5.99. The number of carboxylic acids is 1. The van der Waals surface area contributed by atoms with Crippen LogP contribution in [-0.4, -0.2) is 73.5 Å². The van der Waals surface area contributed by atoms with Gasteiger partial charge in [-0.3, -0.25) is 9.59 Å². The van der Waals surface area contributed by atoms with E-state index in [2.05, 4.69) is 23.1 Å². The SMILES string of the molecule is C=C/C(=C\C=C(/C)CC(=O)O)N(C)CC(C)(CCN(CCC)CC1C=C(Cl)C(OC(F)(F)F)=C(C2CC2)C1C)COC=O. The molecule has 3 unspecified atom stereocenters. The number of aliphatic carboxylic acids is 1. The first-order chi connectivity index (χ1) is 20.1. The summed E-state index contributed by atoms with van der Waals surface area (Å²) in [5.74, 6) is -1.30. The molecule has 0 aliphatic heterocycles. The van der Waals surface area contributed by atoms with E-state index in [1.54, 1.807) is 25.2 Å². The minimum atomic E-state index is -4.81. The largest absolute Gasteiger partial charge is 0.573 e. The van der Waals surface area contributed by atoms with Crippen LogP contribution in [0, 0.1) is 23.2 Å². The highest BCUT2D eigenvalue weighted by Crippen LogP contribution is 2.49. The molecule has 0 bridgehead atoms. The Labute approximate surface area is 258 Å². The van der Waals surface area contributed by atoms with Crippen molar-refractivity contribution < 1.29 is 37.3 Å². The van der Waals surface area contributed by atoms with E-state index < -0.39 is 17.7 Å². The lowest BCUT2D eigenvalue weighted by Crippen LogP contribution is -2.41. The zero-order valence-corrected chi connectivity index (χ0v) is 26.6. The van der Waals surface area contributed by atoms with Crippen LogP contribution in [0.3, 0.4) is 0 Å². The molecule has 0 aromatic carbocycles. The Morgan fingerprint density at radius 1 is 1.26 bits per heavy atom. The summed E-state index contributed by atoms with van der Waals surface area (Å²) in [5.41, 5.74) is 1.71. The standard InChI is InChI=1S/C32H46ClF3N2O5/c1-7-14-38(18-25-17-27(33)30(43-32(34,35)36)29(23(25)4)24-10-11-24)15-13-31(5,20-42-21-39)19-37(6)26(8-2)12-9-22(3)16-28(40)41/h8-9,12,17,21,23-25H,2,7,10-11,13-16,18-20H2,1,3-6H3,(H,40,41)/b22-9+,26-12+. The molecular formula is C32H46ClF3N2O5. The fraction of sp³-hybridized carbons (Fsp3) is 0.625. The first-order valence-corrected chi connectivity index (χ1v) is 15.1. The number of hydrogen-bond donors (Lipinski definition) is 1. The van der Waals surface area contributed by atoms with E-state index in [0.29, 0.717) is 43.7 Å². The van der Waals surface area contributed by atoms with Crippen molar-refractivity contribution in [2.24, 2.45) is 23.2 Å². The maximum Gasteiger partial charge on any atom is 0.573 e. The maximum absolute atomic E-state index is 13.2. The molecule has 2 aliphatic carbocycles. The summed E-state index contributed by atoms with van der Waals surface area (Å²) < 4.78 is 49.2. The summed E-state index contributed by atoms with van der Waals surface area (Å²) in [6.07, 6.45) is 5.33. The molecule has 2 aliphatic rings. The highest BCUT2D eigenvalue weighted by atomic mass is 35.5. The number of alkyl halides is 3. The van der Waals surface area contributed by atoms with Crippen LogP contribution < -0.4 is 0 Å². The summed E-state index contributed by atoms with van der Waals surface area (Å²) in [4.78, 5) is 26.4. The Bertz CT molecular complexity index is 1110. The van der Waals surface area contributed by atoms with E-state index in [9.17, 15) is 22.8 Å². The molecule has 242 valence electrons. The molecule has 0 radical (unpaired) electrons. The Morgan fingerprint density at radius 2 is 1.93 bits per heavy atom. The molecule has 2 rings (SSSR count). The predicted octanol–water partition coefficient (Wildman–Crippen LogP) is 7.28. The molecule has 0 aromatic heterocycles. The molecule has 1 N–H and O–H groups in total. The first kappa shape index (κ1) is 36.5. The summed E-state index contributed by atoms with van der Waals surface area (Å²) in [6.45, 7) is 15.0. The first-order valence-electron chi connectivity index (χ1n) is 14.7. The van der Waals surface area contributed by atoms with E-state index in [0.717, 1.165) is 31.5 Å². The van der Waals surface area contributed by atoms with Crippen LogP contribution in [0.1, 0.15) is 59.8 Å². The van der Waals surface area contributed by atoms with Crippen molar-refractivity contribution in [2.75, 3.05) is 39.8 Å². The molecule has 3 atom stereocenters. The van der Waals surface area contributed by atoms with Gasteiger partial charge in [-0.2, -0.15) is 0 Å². The Hall–Kier alpha value is -2.72. The normalized spacial score (nSPS) is 21.3. The molecule has 7 nitrogen and oxygen atoms in total. The van der Waals surface area contributed by atoms with Crippen LogP contribution in [0.5, 0.6) is 0 Å². The van der Waals surface area contributed by atoms with Crippen molar-refractivity contribution in [1.82, 2.24) is 9.80 Å². The molecule has 0 amide bonds. The van der Waals surface area contributed by atoms with Gasteiger partial charge >= 0.3 is 12.3 Å². The summed E-state index contributed by atoms with van der Waals surface area (Å²) in [6, 6.07) is 0. The minimum Gasteiger partial charge on any atom is -0.481 e. The second-order valence-electron chi connectivity index (χ2n) is 12.1. The molecule has 0 aromatic rings. The number of carbonyl (C=O) groups excluding carboxylic acids is 1. The van der Waals surface area contributed by atoms with Crippen molar-refractivity contribution >= 4 is 24.0 Å². The highest BCUT2D eigenvalue weighted by Gasteiger charge is 2.43. The summed E-state index contributed by atoms with van der Waals surface area (Å²) in [7, 11) is 1.90. The Balaban J connectivity index is 2.19. The monoisotopic (exact) mass is 630 g/mol. The van der Waals surface area contributed by atoms with E-state index in [1.807, 2.05) is 31.9 Å². The molecule has 0 heterocycles. The van der Waals surface area contributed by atoms with Crippen molar-refractivity contribution in [3.8, 4) is 0 Å². The van der Waals surface area contributed by atoms with Crippen LogP contribution in [0.15, 0.2) is 58.5 Å². The van der Waals surface area contributed by atoms with Gasteiger partial charge in [0, 0.05) is 31.2 Å². The number of ether oxygens (including phenoxy) is 2. The number of carboxylic acid groups (broad SMARTS) is 1. The van der Waals surface area contributed by atoms with Gasteiger partial charge in [0.15, 0.2) is 0 Å². The Kier molecular flexibility index (Phi) is 13.9. The number of nitrogens with zero attached hydrogens (tertiary/aromatic N) is 2. The average molecular weight is 631 g/mol. The topological polar surface area (TPSA) is 79.3 Å². The van der Waals surface area contributed by atoms with E-state index in [-0.39, 0.29) is 41.6 Å². The zero-order chi connectivity index (χ0) is 32.4. The summed E-state index contributed by atoms with van der Waals surface area (Å²) >= 11 is 6.41. The van der Waals surface area contributed by atoms with Crippen molar-refractivity contribution in [3.63, 3.8) is 0 Å². The molecule has 0 saturated heterocycles. The number of carbonyl (C=O) groups is 2. The molecule has 43 heavy (non-hydrogen) atoms. The van der Waals surface area contributed by atoms with Gasteiger partial charge in [0.25, 0.3) is 6.47 Å². The third-order valence-electron chi connectivity index (χ3n) is 7.99.